The third-order valence-electron chi connectivity index (χ3n) is 3.72. The van der Waals surface area contributed by atoms with E-state index in [0.717, 1.165) is 23.6 Å². The molecule has 2 aromatic heterocycles. The van der Waals surface area contributed by atoms with Gasteiger partial charge in [-0.05, 0) is 49.2 Å². The van der Waals surface area contributed by atoms with E-state index < -0.39 is 0 Å². The Labute approximate surface area is 137 Å². The lowest BCUT2D eigenvalue weighted by molar-refractivity contribution is 0.507. The summed E-state index contributed by atoms with van der Waals surface area (Å²) < 4.78 is 7.70. The van der Waals surface area contributed by atoms with Crippen LogP contribution in [-0.2, 0) is 0 Å². The third-order valence-corrected chi connectivity index (χ3v) is 4.76. The van der Waals surface area contributed by atoms with Gasteiger partial charge in [-0.3, -0.25) is 0 Å². The molecule has 1 unspecified atom stereocenters. The molecule has 1 aromatic carbocycles. The maximum Gasteiger partial charge on any atom is 0.247 e. The lowest BCUT2D eigenvalue weighted by Gasteiger charge is -2.06. The Morgan fingerprint density at radius 1 is 1.17 bits per heavy atom. The summed E-state index contributed by atoms with van der Waals surface area (Å²) in [6, 6.07) is 8.48. The fourth-order valence-electron chi connectivity index (χ4n) is 2.23. The Bertz CT molecular complexity index is 807. The summed E-state index contributed by atoms with van der Waals surface area (Å²) in [5, 5.41) is 21.0. The quantitative estimate of drug-likeness (QED) is 0.665. The van der Waals surface area contributed by atoms with E-state index in [1.165, 1.54) is 17.3 Å². The first-order valence-electron chi connectivity index (χ1n) is 7.55. The van der Waals surface area contributed by atoms with Crippen molar-refractivity contribution in [2.24, 2.45) is 0 Å². The fourth-order valence-corrected chi connectivity index (χ4v) is 3.12. The topological polar surface area (TPSA) is 82.5 Å². The number of benzene rings is 1. The van der Waals surface area contributed by atoms with E-state index in [0.29, 0.717) is 17.8 Å². The first kappa shape index (κ1) is 14.4. The molecule has 1 aliphatic carbocycles. The Kier molecular flexibility index (Phi) is 3.60. The number of aryl methyl sites for hydroxylation is 1. The highest BCUT2D eigenvalue weighted by Gasteiger charge is 2.29. The number of rotatable bonds is 5. The summed E-state index contributed by atoms with van der Waals surface area (Å²) in [6.45, 7) is 4.06. The van der Waals surface area contributed by atoms with Crippen molar-refractivity contribution < 1.29 is 4.42 Å². The highest BCUT2D eigenvalue weighted by Crippen LogP contribution is 2.40. The van der Waals surface area contributed by atoms with Gasteiger partial charge in [0.05, 0.1) is 11.3 Å². The van der Waals surface area contributed by atoms with Crippen LogP contribution in [0.1, 0.15) is 42.5 Å². The Hall–Kier alpha value is -2.22. The predicted octanol–water partition coefficient (Wildman–Crippen LogP) is 3.22. The number of hydrogen-bond acceptors (Lipinski definition) is 7. The number of nitrogens with zero attached hydrogens (tertiary/aromatic N) is 6. The van der Waals surface area contributed by atoms with Crippen molar-refractivity contribution in [3.05, 3.63) is 35.7 Å². The summed E-state index contributed by atoms with van der Waals surface area (Å²) in [7, 11) is 0. The molecule has 7 nitrogen and oxygen atoms in total. The molecule has 1 atom stereocenters. The van der Waals surface area contributed by atoms with Crippen molar-refractivity contribution in [1.29, 1.82) is 0 Å². The van der Waals surface area contributed by atoms with Crippen LogP contribution in [0.4, 0.5) is 0 Å². The maximum atomic E-state index is 5.82. The SMILES string of the molecule is Cc1ccc(-c2nnc(C(C)Sc3nnnn3C3CC3)o2)cc1. The van der Waals surface area contributed by atoms with E-state index in [9.17, 15) is 0 Å². The van der Waals surface area contributed by atoms with Gasteiger partial charge in [-0.15, -0.1) is 15.3 Å². The molecule has 2 heterocycles. The van der Waals surface area contributed by atoms with Crippen LogP contribution in [-0.4, -0.2) is 30.4 Å². The summed E-state index contributed by atoms with van der Waals surface area (Å²) in [5.74, 6) is 1.12. The lowest BCUT2D eigenvalue weighted by Crippen LogP contribution is -2.00. The molecule has 1 fully saturated rings. The minimum absolute atomic E-state index is 0.00908. The molecular formula is C15H16N6OS. The molecule has 1 aliphatic rings. The van der Waals surface area contributed by atoms with E-state index in [4.69, 9.17) is 4.42 Å². The highest BCUT2D eigenvalue weighted by molar-refractivity contribution is 7.99. The lowest BCUT2D eigenvalue weighted by atomic mass is 10.1. The molecule has 0 N–H and O–H groups in total. The molecule has 23 heavy (non-hydrogen) atoms. The van der Waals surface area contributed by atoms with Crippen molar-refractivity contribution in [1.82, 2.24) is 30.4 Å². The van der Waals surface area contributed by atoms with Crippen LogP contribution in [0.5, 0.6) is 0 Å². The van der Waals surface area contributed by atoms with Crippen molar-refractivity contribution >= 4 is 11.8 Å². The molecule has 0 bridgehead atoms. The molecule has 118 valence electrons. The van der Waals surface area contributed by atoms with Gasteiger partial charge in [0.2, 0.25) is 16.9 Å². The van der Waals surface area contributed by atoms with E-state index in [1.807, 2.05) is 42.8 Å². The zero-order chi connectivity index (χ0) is 15.8. The van der Waals surface area contributed by atoms with Gasteiger partial charge in [-0.1, -0.05) is 29.5 Å². The Balaban J connectivity index is 1.51. The normalized spacial score (nSPS) is 15.7. The van der Waals surface area contributed by atoms with Gasteiger partial charge in [0.1, 0.15) is 0 Å². The van der Waals surface area contributed by atoms with Crippen molar-refractivity contribution in [3.8, 4) is 11.5 Å². The minimum atomic E-state index is -0.00908. The van der Waals surface area contributed by atoms with Gasteiger partial charge in [0, 0.05) is 5.56 Å². The monoisotopic (exact) mass is 328 g/mol. The zero-order valence-electron chi connectivity index (χ0n) is 12.9. The summed E-state index contributed by atoms with van der Waals surface area (Å²) in [6.07, 6.45) is 2.29. The van der Waals surface area contributed by atoms with Crippen molar-refractivity contribution in [2.45, 2.75) is 43.1 Å². The van der Waals surface area contributed by atoms with Crippen molar-refractivity contribution in [2.75, 3.05) is 0 Å². The molecule has 0 spiro atoms. The van der Waals surface area contributed by atoms with Crippen LogP contribution >= 0.6 is 11.8 Å². The van der Waals surface area contributed by atoms with Crippen LogP contribution in [0, 0.1) is 6.92 Å². The Morgan fingerprint density at radius 3 is 2.70 bits per heavy atom. The van der Waals surface area contributed by atoms with Gasteiger partial charge in [0.15, 0.2) is 0 Å². The van der Waals surface area contributed by atoms with Crippen LogP contribution in [0.15, 0.2) is 33.8 Å². The second-order valence-corrected chi connectivity index (χ2v) is 7.02. The number of tetrazole rings is 1. The first-order chi connectivity index (χ1) is 11.2. The molecule has 3 aromatic rings. The largest absolute Gasteiger partial charge is 0.419 e. The number of thioether (sulfide) groups is 1. The van der Waals surface area contributed by atoms with Gasteiger partial charge in [0.25, 0.3) is 0 Å². The van der Waals surface area contributed by atoms with E-state index in [2.05, 4.69) is 25.7 Å². The molecule has 0 saturated heterocycles. The Morgan fingerprint density at radius 2 is 1.96 bits per heavy atom. The number of hydrogen-bond donors (Lipinski definition) is 0. The smallest absolute Gasteiger partial charge is 0.247 e. The van der Waals surface area contributed by atoms with E-state index in [-0.39, 0.29) is 5.25 Å². The molecule has 0 amide bonds. The second kappa shape index (κ2) is 5.77. The van der Waals surface area contributed by atoms with Gasteiger partial charge >= 0.3 is 0 Å². The molecular weight excluding hydrogens is 312 g/mol. The van der Waals surface area contributed by atoms with Crippen molar-refractivity contribution in [3.63, 3.8) is 0 Å². The zero-order valence-corrected chi connectivity index (χ0v) is 13.7. The fraction of sp³-hybridized carbons (Fsp3) is 0.400. The minimum Gasteiger partial charge on any atom is -0.419 e. The summed E-state index contributed by atoms with van der Waals surface area (Å²) >= 11 is 1.54. The van der Waals surface area contributed by atoms with Crippen LogP contribution in [0.2, 0.25) is 0 Å². The summed E-state index contributed by atoms with van der Waals surface area (Å²) in [5.41, 5.74) is 2.12. The van der Waals surface area contributed by atoms with Gasteiger partial charge in [-0.25, -0.2) is 4.68 Å². The highest BCUT2D eigenvalue weighted by atomic mass is 32.2. The molecule has 0 radical (unpaired) electrons. The molecule has 4 rings (SSSR count). The average molecular weight is 328 g/mol. The van der Waals surface area contributed by atoms with E-state index in [1.54, 1.807) is 0 Å². The predicted molar refractivity (Wildman–Crippen MR) is 84.8 cm³/mol. The standard InChI is InChI=1S/C15H16N6OS/c1-9-3-5-11(6-4-9)14-17-16-13(22-14)10(2)23-15-18-19-20-21(15)12-7-8-12/h3-6,10,12H,7-8H2,1-2H3. The maximum absolute atomic E-state index is 5.82. The van der Waals surface area contributed by atoms with Crippen LogP contribution < -0.4 is 0 Å². The number of aromatic nitrogens is 6. The van der Waals surface area contributed by atoms with Crippen LogP contribution in [0.25, 0.3) is 11.5 Å². The first-order valence-corrected chi connectivity index (χ1v) is 8.43. The third kappa shape index (κ3) is 2.98. The molecule has 8 heteroatoms. The average Bonchev–Trinajstić information content (AvgIpc) is 3.09. The van der Waals surface area contributed by atoms with E-state index >= 15 is 0 Å². The van der Waals surface area contributed by atoms with Gasteiger partial charge in [-0.2, -0.15) is 0 Å². The second-order valence-electron chi connectivity index (χ2n) is 5.71. The molecule has 0 aliphatic heterocycles. The van der Waals surface area contributed by atoms with Gasteiger partial charge < -0.3 is 4.42 Å². The van der Waals surface area contributed by atoms with Crippen LogP contribution in [0.3, 0.4) is 0 Å². The molecule has 1 saturated carbocycles. The summed E-state index contributed by atoms with van der Waals surface area (Å²) in [4.78, 5) is 0.